The Morgan fingerprint density at radius 3 is 2.53 bits per heavy atom. The molecule has 2 aromatic carbocycles. The first-order valence-corrected chi connectivity index (χ1v) is 7.05. The fourth-order valence-corrected chi connectivity index (χ4v) is 2.85. The second kappa shape index (κ2) is 5.26. The molecule has 2 rings (SSSR count). The van der Waals surface area contributed by atoms with E-state index in [0.717, 1.165) is 5.39 Å². The quantitative estimate of drug-likeness (QED) is 0.835. The SMILES string of the molecule is COCC(O)c1c(S(=O)(=O)O)ccc2ccccc12. The van der Waals surface area contributed by atoms with Gasteiger partial charge in [0.2, 0.25) is 0 Å². The fraction of sp³-hybridized carbons (Fsp3) is 0.231. The van der Waals surface area contributed by atoms with Crippen LogP contribution in [0.3, 0.4) is 0 Å². The number of aliphatic hydroxyl groups is 1. The zero-order valence-corrected chi connectivity index (χ0v) is 11.1. The molecule has 0 radical (unpaired) electrons. The van der Waals surface area contributed by atoms with Crippen LogP contribution in [0.15, 0.2) is 41.3 Å². The molecule has 0 aliphatic carbocycles. The van der Waals surface area contributed by atoms with Crippen molar-refractivity contribution in [3.63, 3.8) is 0 Å². The van der Waals surface area contributed by atoms with E-state index in [1.54, 1.807) is 24.3 Å². The normalized spacial score (nSPS) is 13.6. The maximum absolute atomic E-state index is 11.4. The highest BCUT2D eigenvalue weighted by atomic mass is 32.2. The lowest BCUT2D eigenvalue weighted by atomic mass is 10.0. The molecule has 1 unspecified atom stereocenters. The lowest BCUT2D eigenvalue weighted by molar-refractivity contribution is 0.0635. The van der Waals surface area contributed by atoms with Crippen LogP contribution in [0.1, 0.15) is 11.7 Å². The first kappa shape index (κ1) is 14.0. The predicted molar refractivity (Wildman–Crippen MR) is 70.6 cm³/mol. The maximum atomic E-state index is 11.4. The van der Waals surface area contributed by atoms with E-state index < -0.39 is 16.2 Å². The predicted octanol–water partition coefficient (Wildman–Crippen LogP) is 1.77. The summed E-state index contributed by atoms with van der Waals surface area (Å²) in [6.07, 6.45) is -1.13. The van der Waals surface area contributed by atoms with Crippen molar-refractivity contribution in [1.82, 2.24) is 0 Å². The van der Waals surface area contributed by atoms with Crippen molar-refractivity contribution >= 4 is 20.9 Å². The lowest BCUT2D eigenvalue weighted by Crippen LogP contribution is -2.12. The maximum Gasteiger partial charge on any atom is 0.294 e. The smallest absolute Gasteiger partial charge is 0.294 e. The van der Waals surface area contributed by atoms with Crippen LogP contribution in [-0.4, -0.2) is 31.8 Å². The van der Waals surface area contributed by atoms with Gasteiger partial charge in [-0.15, -0.1) is 0 Å². The Morgan fingerprint density at radius 2 is 1.89 bits per heavy atom. The van der Waals surface area contributed by atoms with Crippen LogP contribution in [0.4, 0.5) is 0 Å². The first-order chi connectivity index (χ1) is 8.95. The Kier molecular flexibility index (Phi) is 3.86. The van der Waals surface area contributed by atoms with Crippen LogP contribution in [0.2, 0.25) is 0 Å². The number of benzene rings is 2. The van der Waals surface area contributed by atoms with Crippen molar-refractivity contribution in [3.05, 3.63) is 42.0 Å². The molecule has 2 aromatic rings. The van der Waals surface area contributed by atoms with Crippen LogP contribution < -0.4 is 0 Å². The zero-order valence-electron chi connectivity index (χ0n) is 10.3. The molecule has 0 bridgehead atoms. The topological polar surface area (TPSA) is 83.8 Å². The van der Waals surface area contributed by atoms with Gasteiger partial charge < -0.3 is 9.84 Å². The third-order valence-corrected chi connectivity index (χ3v) is 3.78. The van der Waals surface area contributed by atoms with Crippen molar-refractivity contribution in [2.24, 2.45) is 0 Å². The zero-order chi connectivity index (χ0) is 14.0. The van der Waals surface area contributed by atoms with Gasteiger partial charge in [-0.2, -0.15) is 8.42 Å². The number of methoxy groups -OCH3 is 1. The summed E-state index contributed by atoms with van der Waals surface area (Å²) in [7, 11) is -3.00. The summed E-state index contributed by atoms with van der Waals surface area (Å²) in [5.74, 6) is 0. The highest BCUT2D eigenvalue weighted by Crippen LogP contribution is 2.31. The van der Waals surface area contributed by atoms with E-state index >= 15 is 0 Å². The van der Waals surface area contributed by atoms with E-state index in [-0.39, 0.29) is 17.1 Å². The van der Waals surface area contributed by atoms with E-state index in [1.165, 1.54) is 13.2 Å². The number of ether oxygens (including phenoxy) is 1. The summed E-state index contributed by atoms with van der Waals surface area (Å²) in [6.45, 7) is -0.0590. The van der Waals surface area contributed by atoms with Gasteiger partial charge in [-0.05, 0) is 16.8 Å². The summed E-state index contributed by atoms with van der Waals surface area (Å²) in [6, 6.07) is 9.90. The minimum Gasteiger partial charge on any atom is -0.386 e. The molecule has 102 valence electrons. The van der Waals surface area contributed by atoms with Gasteiger partial charge in [0.15, 0.2) is 0 Å². The summed E-state index contributed by atoms with van der Waals surface area (Å²) in [5, 5.41) is 11.4. The largest absolute Gasteiger partial charge is 0.386 e. The van der Waals surface area contributed by atoms with Gasteiger partial charge in [-0.1, -0.05) is 30.3 Å². The fourth-order valence-electron chi connectivity index (χ4n) is 2.09. The van der Waals surface area contributed by atoms with Crippen molar-refractivity contribution in [1.29, 1.82) is 0 Å². The Bertz CT molecular complexity index is 693. The van der Waals surface area contributed by atoms with E-state index in [9.17, 15) is 18.1 Å². The van der Waals surface area contributed by atoms with Crippen molar-refractivity contribution in [2.75, 3.05) is 13.7 Å². The Hall–Kier alpha value is -1.47. The lowest BCUT2D eigenvalue weighted by Gasteiger charge is -2.16. The Morgan fingerprint density at radius 1 is 1.21 bits per heavy atom. The highest BCUT2D eigenvalue weighted by Gasteiger charge is 2.23. The summed E-state index contributed by atoms with van der Waals surface area (Å²) in [4.78, 5) is -0.296. The van der Waals surface area contributed by atoms with E-state index in [4.69, 9.17) is 4.74 Å². The molecule has 0 amide bonds. The molecule has 0 aliphatic heterocycles. The van der Waals surface area contributed by atoms with Gasteiger partial charge >= 0.3 is 0 Å². The molecule has 0 saturated carbocycles. The first-order valence-electron chi connectivity index (χ1n) is 5.61. The molecule has 19 heavy (non-hydrogen) atoms. The molecule has 2 N–H and O–H groups in total. The van der Waals surface area contributed by atoms with Gasteiger partial charge in [0.05, 0.1) is 6.61 Å². The molecular formula is C13H14O5S. The van der Waals surface area contributed by atoms with Gasteiger partial charge in [0.1, 0.15) is 11.0 Å². The number of rotatable bonds is 4. The third-order valence-electron chi connectivity index (χ3n) is 2.87. The summed E-state index contributed by atoms with van der Waals surface area (Å²) >= 11 is 0. The van der Waals surface area contributed by atoms with Crippen LogP contribution in [0.5, 0.6) is 0 Å². The second-order valence-corrected chi connectivity index (χ2v) is 5.53. The average molecular weight is 282 g/mol. The van der Waals surface area contributed by atoms with Crippen molar-refractivity contribution in [2.45, 2.75) is 11.0 Å². The minimum absolute atomic E-state index is 0.0590. The molecule has 5 nitrogen and oxygen atoms in total. The standard InChI is InChI=1S/C13H14O5S/c1-18-8-11(14)13-10-5-3-2-4-9(10)6-7-12(13)19(15,16)17/h2-7,11,14H,8H2,1H3,(H,15,16,17). The minimum atomic E-state index is -4.40. The molecule has 0 heterocycles. The van der Waals surface area contributed by atoms with Crippen LogP contribution >= 0.6 is 0 Å². The molecule has 0 fully saturated rings. The summed E-state index contributed by atoms with van der Waals surface area (Å²) in [5.41, 5.74) is 0.155. The van der Waals surface area contributed by atoms with E-state index in [0.29, 0.717) is 5.39 Å². The number of hydrogen-bond donors (Lipinski definition) is 2. The van der Waals surface area contributed by atoms with Gasteiger partial charge in [0, 0.05) is 12.7 Å². The van der Waals surface area contributed by atoms with E-state index in [1.807, 2.05) is 6.07 Å². The van der Waals surface area contributed by atoms with E-state index in [2.05, 4.69) is 0 Å². The van der Waals surface area contributed by atoms with Crippen LogP contribution in [0.25, 0.3) is 10.8 Å². The molecule has 1 atom stereocenters. The third kappa shape index (κ3) is 2.76. The average Bonchev–Trinajstić information content (AvgIpc) is 2.36. The second-order valence-electron chi connectivity index (χ2n) is 4.14. The number of fused-ring (bicyclic) bond motifs is 1. The summed E-state index contributed by atoms with van der Waals surface area (Å²) < 4.78 is 36.9. The number of hydrogen-bond acceptors (Lipinski definition) is 4. The molecule has 0 aromatic heterocycles. The van der Waals surface area contributed by atoms with Crippen LogP contribution in [-0.2, 0) is 14.9 Å². The van der Waals surface area contributed by atoms with Gasteiger partial charge in [0.25, 0.3) is 10.1 Å². The Labute approximate surface area is 111 Å². The molecule has 0 spiro atoms. The van der Waals surface area contributed by atoms with Crippen molar-refractivity contribution in [3.8, 4) is 0 Å². The highest BCUT2D eigenvalue weighted by molar-refractivity contribution is 7.85. The van der Waals surface area contributed by atoms with Gasteiger partial charge in [-0.25, -0.2) is 0 Å². The molecule has 0 aliphatic rings. The van der Waals surface area contributed by atoms with Gasteiger partial charge in [-0.3, -0.25) is 4.55 Å². The molecular weight excluding hydrogens is 268 g/mol. The number of aliphatic hydroxyl groups excluding tert-OH is 1. The molecule has 0 saturated heterocycles. The Balaban J connectivity index is 2.79. The molecule has 6 heteroatoms. The van der Waals surface area contributed by atoms with Crippen LogP contribution in [0, 0.1) is 0 Å². The van der Waals surface area contributed by atoms with Crippen molar-refractivity contribution < 1.29 is 22.8 Å². The monoisotopic (exact) mass is 282 g/mol.